The van der Waals surface area contributed by atoms with Crippen LogP contribution in [0.1, 0.15) is 77.2 Å². The number of methoxy groups -OCH3 is 1. The highest BCUT2D eigenvalue weighted by atomic mass is 19.1. The molecule has 3 saturated carbocycles. The Hall–Kier alpha value is -1.60. The lowest BCUT2D eigenvalue weighted by Crippen LogP contribution is -2.65. The second kappa shape index (κ2) is 7.73. The zero-order valence-corrected chi connectivity index (χ0v) is 20.6. The van der Waals surface area contributed by atoms with Gasteiger partial charge in [-0.2, -0.15) is 0 Å². The average molecular weight is 446 g/mol. The van der Waals surface area contributed by atoms with Gasteiger partial charge < -0.3 is 18.8 Å². The Morgan fingerprint density at radius 1 is 1.28 bits per heavy atom. The number of hydrogen-bond acceptors (Lipinski definition) is 5. The summed E-state index contributed by atoms with van der Waals surface area (Å²) in [5.74, 6) is 0.376. The Bertz CT molecular complexity index is 910. The van der Waals surface area contributed by atoms with Gasteiger partial charge in [0.05, 0.1) is 18.8 Å². The molecule has 0 aromatic heterocycles. The van der Waals surface area contributed by atoms with E-state index in [2.05, 4.69) is 20.8 Å². The molecule has 3 unspecified atom stereocenters. The Labute approximate surface area is 191 Å². The zero-order chi connectivity index (χ0) is 23.6. The summed E-state index contributed by atoms with van der Waals surface area (Å²) in [6.07, 6.45) is 2.77. The smallest absolute Gasteiger partial charge is 0.461 e. The van der Waals surface area contributed by atoms with Gasteiger partial charge in [-0.1, -0.05) is 20.8 Å². The molecule has 1 heterocycles. The fourth-order valence-electron chi connectivity index (χ4n) is 6.11. The lowest BCUT2D eigenvalue weighted by Gasteiger charge is -2.64. The van der Waals surface area contributed by atoms with Gasteiger partial charge in [-0.25, -0.2) is 9.18 Å². The molecular weight excluding hydrogens is 410 g/mol. The standard InChI is InChI=1S/C25H36BFO5/c1-14(26-31-20-12-16-11-19(24(16,5)6)25(20,7)32-26)9-15-10-17(27)13-18(21(15)29-8)22(28)30-23(2,3)4/h10,13-14,16,19-20H,9,11-12H2,1-8H3/t14-,16?,19?,20?,25+/m1/s1. The van der Waals surface area contributed by atoms with Crippen molar-refractivity contribution >= 4 is 13.1 Å². The van der Waals surface area contributed by atoms with Crippen LogP contribution in [0.2, 0.25) is 5.82 Å². The Kier molecular flexibility index (Phi) is 5.69. The topological polar surface area (TPSA) is 54.0 Å². The van der Waals surface area contributed by atoms with Gasteiger partial charge in [-0.15, -0.1) is 0 Å². The lowest BCUT2D eigenvalue weighted by molar-refractivity contribution is -0.199. The van der Waals surface area contributed by atoms with Crippen molar-refractivity contribution in [2.45, 2.75) is 90.9 Å². The molecule has 2 bridgehead atoms. The largest absolute Gasteiger partial charge is 0.496 e. The van der Waals surface area contributed by atoms with E-state index in [4.69, 9.17) is 18.8 Å². The van der Waals surface area contributed by atoms with Crippen molar-refractivity contribution < 1.29 is 28.0 Å². The second-order valence-electron chi connectivity index (χ2n) is 11.7. The molecule has 32 heavy (non-hydrogen) atoms. The van der Waals surface area contributed by atoms with E-state index in [0.29, 0.717) is 29.6 Å². The summed E-state index contributed by atoms with van der Waals surface area (Å²) in [7, 11) is 1.11. The number of esters is 1. The summed E-state index contributed by atoms with van der Waals surface area (Å²) >= 11 is 0. The third-order valence-corrected chi connectivity index (χ3v) is 7.93. The summed E-state index contributed by atoms with van der Waals surface area (Å²) in [6.45, 7) is 14.2. The van der Waals surface area contributed by atoms with E-state index in [1.807, 2.05) is 6.92 Å². The van der Waals surface area contributed by atoms with Crippen LogP contribution in [0.3, 0.4) is 0 Å². The number of carbonyl (C=O) groups is 1. The average Bonchev–Trinajstić information content (AvgIpc) is 3.03. The molecule has 0 amide bonds. The highest BCUT2D eigenvalue weighted by Gasteiger charge is 2.68. The van der Waals surface area contributed by atoms with E-state index in [-0.39, 0.29) is 35.6 Å². The fourth-order valence-corrected chi connectivity index (χ4v) is 6.11. The highest BCUT2D eigenvalue weighted by Crippen LogP contribution is 2.66. The molecule has 5 rings (SSSR count). The number of benzene rings is 1. The van der Waals surface area contributed by atoms with Gasteiger partial charge >= 0.3 is 13.1 Å². The van der Waals surface area contributed by atoms with Crippen molar-refractivity contribution in [3.05, 3.63) is 29.1 Å². The third kappa shape index (κ3) is 3.85. The molecule has 5 atom stereocenters. The Balaban J connectivity index is 1.54. The minimum absolute atomic E-state index is 0.0417. The summed E-state index contributed by atoms with van der Waals surface area (Å²) in [6, 6.07) is 2.60. The molecule has 176 valence electrons. The minimum Gasteiger partial charge on any atom is -0.496 e. The summed E-state index contributed by atoms with van der Waals surface area (Å²) in [5.41, 5.74) is 0.0121. The van der Waals surface area contributed by atoms with Crippen LogP contribution in [0.25, 0.3) is 0 Å². The molecule has 0 spiro atoms. The Morgan fingerprint density at radius 2 is 1.97 bits per heavy atom. The van der Waals surface area contributed by atoms with E-state index in [1.165, 1.54) is 25.7 Å². The maximum atomic E-state index is 14.5. The van der Waals surface area contributed by atoms with Crippen LogP contribution in [-0.2, 0) is 20.5 Å². The van der Waals surface area contributed by atoms with E-state index in [9.17, 15) is 9.18 Å². The first-order chi connectivity index (χ1) is 14.8. The Morgan fingerprint density at radius 3 is 2.56 bits per heavy atom. The third-order valence-electron chi connectivity index (χ3n) is 7.93. The van der Waals surface area contributed by atoms with Crippen molar-refractivity contribution in [3.8, 4) is 5.75 Å². The summed E-state index contributed by atoms with van der Waals surface area (Å²) in [4.78, 5) is 12.7. The van der Waals surface area contributed by atoms with Crippen LogP contribution in [0.15, 0.2) is 12.1 Å². The van der Waals surface area contributed by atoms with Crippen molar-refractivity contribution in [3.63, 3.8) is 0 Å². The highest BCUT2D eigenvalue weighted by molar-refractivity contribution is 6.47. The number of carbonyl (C=O) groups excluding carboxylic acids is 1. The van der Waals surface area contributed by atoms with Gasteiger partial charge in [0.15, 0.2) is 0 Å². The molecule has 1 saturated heterocycles. The molecule has 3 aliphatic carbocycles. The van der Waals surface area contributed by atoms with Crippen LogP contribution in [0.5, 0.6) is 5.75 Å². The van der Waals surface area contributed by atoms with Crippen LogP contribution >= 0.6 is 0 Å². The molecule has 4 aliphatic rings. The molecule has 1 aromatic rings. The maximum absolute atomic E-state index is 14.5. The first-order valence-electron chi connectivity index (χ1n) is 11.7. The summed E-state index contributed by atoms with van der Waals surface area (Å²) < 4.78 is 38.5. The predicted octanol–water partition coefficient (Wildman–Crippen LogP) is 5.45. The SMILES string of the molecule is COc1c(C[C@@H](C)B2OC3CC4CC(C4(C)C)[C@]3(C)O2)cc(F)cc1C(=O)OC(C)(C)C. The number of halogens is 1. The molecular formula is C25H36BFO5. The van der Waals surface area contributed by atoms with E-state index in [0.717, 1.165) is 6.42 Å². The number of ether oxygens (including phenoxy) is 2. The molecule has 1 aromatic carbocycles. The van der Waals surface area contributed by atoms with Gasteiger partial charge in [-0.05, 0) is 87.7 Å². The zero-order valence-electron chi connectivity index (χ0n) is 20.6. The molecule has 0 radical (unpaired) electrons. The van der Waals surface area contributed by atoms with Gasteiger partial charge in [0.2, 0.25) is 0 Å². The van der Waals surface area contributed by atoms with Gasteiger partial charge in [0.1, 0.15) is 22.7 Å². The second-order valence-corrected chi connectivity index (χ2v) is 11.7. The van der Waals surface area contributed by atoms with E-state index >= 15 is 0 Å². The van der Waals surface area contributed by atoms with Crippen molar-refractivity contribution in [2.24, 2.45) is 17.3 Å². The minimum atomic E-state index is -0.687. The first-order valence-corrected chi connectivity index (χ1v) is 11.7. The van der Waals surface area contributed by atoms with E-state index in [1.54, 1.807) is 20.8 Å². The monoisotopic (exact) mass is 446 g/mol. The van der Waals surface area contributed by atoms with Crippen LogP contribution < -0.4 is 4.74 Å². The first kappa shape index (κ1) is 23.6. The van der Waals surface area contributed by atoms with Crippen molar-refractivity contribution in [1.82, 2.24) is 0 Å². The summed E-state index contributed by atoms with van der Waals surface area (Å²) in [5, 5.41) is 0. The quantitative estimate of drug-likeness (QED) is 0.445. The fraction of sp³-hybridized carbons (Fsp3) is 0.720. The normalized spacial score (nSPS) is 31.5. The van der Waals surface area contributed by atoms with Crippen LogP contribution in [0.4, 0.5) is 4.39 Å². The van der Waals surface area contributed by atoms with Crippen molar-refractivity contribution in [1.29, 1.82) is 0 Å². The molecule has 4 fully saturated rings. The van der Waals surface area contributed by atoms with Crippen LogP contribution in [0, 0.1) is 23.1 Å². The molecule has 5 nitrogen and oxygen atoms in total. The molecule has 1 aliphatic heterocycles. The molecule has 7 heteroatoms. The lowest BCUT2D eigenvalue weighted by atomic mass is 9.43. The maximum Gasteiger partial charge on any atom is 0.461 e. The molecule has 0 N–H and O–H groups in total. The van der Waals surface area contributed by atoms with Crippen molar-refractivity contribution in [2.75, 3.05) is 7.11 Å². The number of rotatable bonds is 5. The van der Waals surface area contributed by atoms with E-state index < -0.39 is 17.4 Å². The van der Waals surface area contributed by atoms with Gasteiger partial charge in [-0.3, -0.25) is 0 Å². The van der Waals surface area contributed by atoms with Crippen LogP contribution in [-0.4, -0.2) is 37.5 Å². The van der Waals surface area contributed by atoms with Gasteiger partial charge in [0, 0.05) is 0 Å². The number of hydrogen-bond donors (Lipinski definition) is 0. The predicted molar refractivity (Wildman–Crippen MR) is 121 cm³/mol. The van der Waals surface area contributed by atoms with Gasteiger partial charge in [0.25, 0.3) is 0 Å².